The standard InChI is InChI=1S/C17H21N3O/c1-3-8-19-15-6-7-16(13(2)10-15)17(21)20-12-14-5-4-9-18-11-14/h4-7,9-11,19H,3,8,12H2,1-2H3,(H,20,21). The number of rotatable bonds is 6. The summed E-state index contributed by atoms with van der Waals surface area (Å²) in [5.41, 5.74) is 3.73. The molecule has 0 fully saturated rings. The summed E-state index contributed by atoms with van der Waals surface area (Å²) in [6.45, 7) is 5.50. The third-order valence-electron chi connectivity index (χ3n) is 3.23. The van der Waals surface area contributed by atoms with Gasteiger partial charge in [0, 0.05) is 36.7 Å². The first-order valence-electron chi connectivity index (χ1n) is 7.22. The summed E-state index contributed by atoms with van der Waals surface area (Å²) in [7, 11) is 0. The molecule has 0 radical (unpaired) electrons. The van der Waals surface area contributed by atoms with Crippen LogP contribution in [0.15, 0.2) is 42.7 Å². The van der Waals surface area contributed by atoms with Crippen LogP contribution in [0.2, 0.25) is 0 Å². The lowest BCUT2D eigenvalue weighted by Gasteiger charge is -2.10. The van der Waals surface area contributed by atoms with Crippen LogP contribution < -0.4 is 10.6 Å². The van der Waals surface area contributed by atoms with Gasteiger partial charge in [0.05, 0.1) is 0 Å². The number of anilines is 1. The van der Waals surface area contributed by atoms with Crippen LogP contribution in [0.5, 0.6) is 0 Å². The number of nitrogens with zero attached hydrogens (tertiary/aromatic N) is 1. The van der Waals surface area contributed by atoms with E-state index < -0.39 is 0 Å². The monoisotopic (exact) mass is 283 g/mol. The molecule has 21 heavy (non-hydrogen) atoms. The highest BCUT2D eigenvalue weighted by Crippen LogP contribution is 2.15. The summed E-state index contributed by atoms with van der Waals surface area (Å²) >= 11 is 0. The van der Waals surface area contributed by atoms with E-state index in [9.17, 15) is 4.79 Å². The van der Waals surface area contributed by atoms with E-state index in [4.69, 9.17) is 0 Å². The lowest BCUT2D eigenvalue weighted by Crippen LogP contribution is -2.23. The van der Waals surface area contributed by atoms with Crippen molar-refractivity contribution in [2.75, 3.05) is 11.9 Å². The second kappa shape index (κ2) is 7.43. The Labute approximate surface area is 125 Å². The van der Waals surface area contributed by atoms with Crippen LogP contribution in [0.3, 0.4) is 0 Å². The highest BCUT2D eigenvalue weighted by Gasteiger charge is 2.09. The Morgan fingerprint density at radius 1 is 1.29 bits per heavy atom. The van der Waals surface area contributed by atoms with Gasteiger partial charge in [-0.1, -0.05) is 13.0 Å². The number of carbonyl (C=O) groups is 1. The van der Waals surface area contributed by atoms with Crippen LogP contribution in [-0.4, -0.2) is 17.4 Å². The van der Waals surface area contributed by atoms with Crippen LogP contribution >= 0.6 is 0 Å². The number of pyridine rings is 1. The molecule has 110 valence electrons. The zero-order valence-corrected chi connectivity index (χ0v) is 12.5. The number of hydrogen-bond donors (Lipinski definition) is 2. The van der Waals surface area contributed by atoms with Crippen LogP contribution in [0.1, 0.15) is 34.8 Å². The highest BCUT2D eigenvalue weighted by atomic mass is 16.1. The van der Waals surface area contributed by atoms with E-state index in [2.05, 4.69) is 22.5 Å². The predicted molar refractivity (Wildman–Crippen MR) is 85.4 cm³/mol. The molecule has 0 aliphatic rings. The molecule has 4 heteroatoms. The predicted octanol–water partition coefficient (Wildman–Crippen LogP) is 3.14. The molecule has 0 spiro atoms. The molecular formula is C17H21N3O. The maximum Gasteiger partial charge on any atom is 0.251 e. The molecule has 2 aromatic rings. The van der Waals surface area contributed by atoms with Gasteiger partial charge in [-0.05, 0) is 48.7 Å². The summed E-state index contributed by atoms with van der Waals surface area (Å²) in [6, 6.07) is 9.63. The van der Waals surface area contributed by atoms with Gasteiger partial charge in [-0.15, -0.1) is 0 Å². The van der Waals surface area contributed by atoms with Gasteiger partial charge in [-0.3, -0.25) is 9.78 Å². The van der Waals surface area contributed by atoms with Crippen molar-refractivity contribution in [1.82, 2.24) is 10.3 Å². The maximum absolute atomic E-state index is 12.2. The molecule has 1 amide bonds. The summed E-state index contributed by atoms with van der Waals surface area (Å²) in [5.74, 6) is -0.0570. The molecule has 4 nitrogen and oxygen atoms in total. The number of aromatic nitrogens is 1. The molecule has 0 saturated carbocycles. The average Bonchev–Trinajstić information content (AvgIpc) is 2.51. The van der Waals surface area contributed by atoms with E-state index in [1.54, 1.807) is 12.4 Å². The van der Waals surface area contributed by atoms with Gasteiger partial charge in [0.1, 0.15) is 0 Å². The van der Waals surface area contributed by atoms with Crippen molar-refractivity contribution in [3.8, 4) is 0 Å². The minimum Gasteiger partial charge on any atom is -0.385 e. The smallest absolute Gasteiger partial charge is 0.251 e. The fraction of sp³-hybridized carbons (Fsp3) is 0.294. The van der Waals surface area contributed by atoms with Crippen molar-refractivity contribution in [3.63, 3.8) is 0 Å². The zero-order chi connectivity index (χ0) is 15.1. The number of amides is 1. The fourth-order valence-corrected chi connectivity index (χ4v) is 2.08. The van der Waals surface area contributed by atoms with E-state index in [1.807, 2.05) is 37.3 Å². The Morgan fingerprint density at radius 3 is 2.81 bits per heavy atom. The first-order chi connectivity index (χ1) is 10.2. The minimum atomic E-state index is -0.0570. The fourth-order valence-electron chi connectivity index (χ4n) is 2.08. The topological polar surface area (TPSA) is 54.0 Å². The van der Waals surface area contributed by atoms with Crippen molar-refractivity contribution in [1.29, 1.82) is 0 Å². The lowest BCUT2D eigenvalue weighted by atomic mass is 10.1. The molecule has 2 rings (SSSR count). The Hall–Kier alpha value is -2.36. The molecule has 1 aromatic carbocycles. The Bertz CT molecular complexity index is 596. The molecular weight excluding hydrogens is 262 g/mol. The Morgan fingerprint density at radius 2 is 2.14 bits per heavy atom. The molecule has 1 aromatic heterocycles. The molecule has 0 atom stereocenters. The summed E-state index contributed by atoms with van der Waals surface area (Å²) in [4.78, 5) is 16.2. The minimum absolute atomic E-state index is 0.0570. The van der Waals surface area contributed by atoms with Crippen LogP contribution in [0, 0.1) is 6.92 Å². The van der Waals surface area contributed by atoms with Crippen LogP contribution in [0.4, 0.5) is 5.69 Å². The molecule has 0 aliphatic heterocycles. The first kappa shape index (κ1) is 15.0. The van der Waals surface area contributed by atoms with Gasteiger partial charge < -0.3 is 10.6 Å². The average molecular weight is 283 g/mol. The highest BCUT2D eigenvalue weighted by molar-refractivity contribution is 5.96. The van der Waals surface area contributed by atoms with Crippen LogP contribution in [0.25, 0.3) is 0 Å². The third-order valence-corrected chi connectivity index (χ3v) is 3.23. The number of nitrogens with one attached hydrogen (secondary N) is 2. The second-order valence-corrected chi connectivity index (χ2v) is 5.00. The van der Waals surface area contributed by atoms with Crippen molar-refractivity contribution in [3.05, 3.63) is 59.4 Å². The number of hydrogen-bond acceptors (Lipinski definition) is 3. The molecule has 0 bridgehead atoms. The van der Waals surface area contributed by atoms with Gasteiger partial charge in [-0.2, -0.15) is 0 Å². The van der Waals surface area contributed by atoms with Crippen molar-refractivity contribution < 1.29 is 4.79 Å². The molecule has 1 heterocycles. The maximum atomic E-state index is 12.2. The van der Waals surface area contributed by atoms with Gasteiger partial charge in [0.2, 0.25) is 0 Å². The van der Waals surface area contributed by atoms with Crippen molar-refractivity contribution >= 4 is 11.6 Å². The van der Waals surface area contributed by atoms with Gasteiger partial charge in [0.15, 0.2) is 0 Å². The van der Waals surface area contributed by atoms with Crippen molar-refractivity contribution in [2.24, 2.45) is 0 Å². The van der Waals surface area contributed by atoms with Gasteiger partial charge >= 0.3 is 0 Å². The summed E-state index contributed by atoms with van der Waals surface area (Å²) in [6.07, 6.45) is 4.55. The molecule has 0 unspecified atom stereocenters. The quantitative estimate of drug-likeness (QED) is 0.856. The summed E-state index contributed by atoms with van der Waals surface area (Å²) in [5, 5.41) is 6.24. The van der Waals surface area contributed by atoms with E-state index in [-0.39, 0.29) is 5.91 Å². The van der Waals surface area contributed by atoms with E-state index in [1.165, 1.54) is 0 Å². The van der Waals surface area contributed by atoms with Crippen molar-refractivity contribution in [2.45, 2.75) is 26.8 Å². The first-order valence-corrected chi connectivity index (χ1v) is 7.22. The largest absolute Gasteiger partial charge is 0.385 e. The molecule has 2 N–H and O–H groups in total. The zero-order valence-electron chi connectivity index (χ0n) is 12.5. The van der Waals surface area contributed by atoms with E-state index in [0.29, 0.717) is 12.1 Å². The van der Waals surface area contributed by atoms with Crippen LogP contribution in [-0.2, 0) is 6.54 Å². The van der Waals surface area contributed by atoms with E-state index >= 15 is 0 Å². The summed E-state index contributed by atoms with van der Waals surface area (Å²) < 4.78 is 0. The lowest BCUT2D eigenvalue weighted by molar-refractivity contribution is 0.0950. The number of benzene rings is 1. The molecule has 0 aliphatic carbocycles. The van der Waals surface area contributed by atoms with Gasteiger partial charge in [-0.25, -0.2) is 0 Å². The SMILES string of the molecule is CCCNc1ccc(C(=O)NCc2cccnc2)c(C)c1. The molecule has 0 saturated heterocycles. The van der Waals surface area contributed by atoms with E-state index in [0.717, 1.165) is 29.8 Å². The normalized spacial score (nSPS) is 10.2. The number of carbonyl (C=O) groups excluding carboxylic acids is 1. The Kier molecular flexibility index (Phi) is 5.32. The second-order valence-electron chi connectivity index (χ2n) is 5.00. The third kappa shape index (κ3) is 4.31. The van der Waals surface area contributed by atoms with Gasteiger partial charge in [0.25, 0.3) is 5.91 Å². The number of aryl methyl sites for hydroxylation is 1. The Balaban J connectivity index is 1.99.